The molecule has 2 heterocycles. The van der Waals surface area contributed by atoms with Crippen LogP contribution in [0.3, 0.4) is 0 Å². The number of H-pyrrole nitrogens is 1. The number of nitrogens with one attached hydrogen (secondary N) is 1. The third-order valence-electron chi connectivity index (χ3n) is 4.60. The number of hydrogen-bond acceptors (Lipinski definition) is 2. The summed E-state index contributed by atoms with van der Waals surface area (Å²) < 4.78 is 5.94. The molecule has 0 spiro atoms. The molecule has 0 aliphatic carbocycles. The molecule has 0 fully saturated rings. The van der Waals surface area contributed by atoms with E-state index in [-0.39, 0.29) is 37.4 Å². The molecule has 2 N–H and O–H groups in total. The summed E-state index contributed by atoms with van der Waals surface area (Å²) in [5, 5.41) is 10.5. The molecule has 1 aliphatic rings. The monoisotopic (exact) mass is 311 g/mol. The first kappa shape index (κ1) is 17.5. The van der Waals surface area contributed by atoms with Crippen LogP contribution in [-0.4, -0.2) is 22.7 Å². The molecule has 1 unspecified atom stereocenters. The predicted molar refractivity (Wildman–Crippen MR) is 82.7 cm³/mol. The summed E-state index contributed by atoms with van der Waals surface area (Å²) in [7, 11) is 0. The standard InChI is InChI=1S/C17H21NO3.Na.H/c1-3-11-6-5-7-12-13-8-9-21-17(4-2,10-14(19)20)16(13)18-15(11)12;;/h5-7,18H,3-4,8-10H2,1-2H3,(H,19,20);;/q;+1;-1. The number of hydrogen-bond donors (Lipinski definition) is 2. The van der Waals surface area contributed by atoms with E-state index in [1.807, 2.05) is 6.92 Å². The average Bonchev–Trinajstić information content (AvgIpc) is 2.87. The van der Waals surface area contributed by atoms with Gasteiger partial charge in [0.15, 0.2) is 0 Å². The fourth-order valence-electron chi connectivity index (χ4n) is 3.49. The van der Waals surface area contributed by atoms with Crippen LogP contribution in [0.25, 0.3) is 10.9 Å². The molecular formula is C17H22NNaO3. The Hall–Kier alpha value is -0.810. The minimum atomic E-state index is -0.820. The maximum Gasteiger partial charge on any atom is 1.00 e. The van der Waals surface area contributed by atoms with Gasteiger partial charge in [0.25, 0.3) is 0 Å². The Morgan fingerprint density at radius 1 is 1.45 bits per heavy atom. The quantitative estimate of drug-likeness (QED) is 0.808. The van der Waals surface area contributed by atoms with E-state index < -0.39 is 11.6 Å². The molecule has 5 heteroatoms. The maximum atomic E-state index is 11.3. The molecule has 2 aromatic rings. The number of para-hydroxylation sites is 1. The van der Waals surface area contributed by atoms with Crippen molar-refractivity contribution in [1.82, 2.24) is 4.98 Å². The Bertz CT molecular complexity index is 700. The summed E-state index contributed by atoms with van der Waals surface area (Å²) in [5.74, 6) is -0.820. The predicted octanol–water partition coefficient (Wildman–Crippen LogP) is 0.499. The number of aliphatic carboxylic acids is 1. The summed E-state index contributed by atoms with van der Waals surface area (Å²) >= 11 is 0. The van der Waals surface area contributed by atoms with E-state index in [0.717, 1.165) is 24.1 Å². The number of aromatic nitrogens is 1. The van der Waals surface area contributed by atoms with Gasteiger partial charge in [-0.15, -0.1) is 0 Å². The summed E-state index contributed by atoms with van der Waals surface area (Å²) in [4.78, 5) is 14.8. The number of benzene rings is 1. The topological polar surface area (TPSA) is 62.3 Å². The first-order valence-corrected chi connectivity index (χ1v) is 7.60. The van der Waals surface area contributed by atoms with Crippen molar-refractivity contribution >= 4 is 16.9 Å². The zero-order valence-electron chi connectivity index (χ0n) is 14.5. The van der Waals surface area contributed by atoms with Crippen molar-refractivity contribution in [3.8, 4) is 0 Å². The Morgan fingerprint density at radius 2 is 2.23 bits per heavy atom. The van der Waals surface area contributed by atoms with Crippen LogP contribution in [0.15, 0.2) is 18.2 Å². The molecule has 3 rings (SSSR count). The van der Waals surface area contributed by atoms with Crippen LogP contribution in [-0.2, 0) is 28.0 Å². The Balaban J connectivity index is 0.00000132. The number of rotatable bonds is 4. The smallest absolute Gasteiger partial charge is 1.00 e. The molecule has 1 aromatic heterocycles. The summed E-state index contributed by atoms with van der Waals surface area (Å²) in [6, 6.07) is 6.32. The van der Waals surface area contributed by atoms with Crippen LogP contribution in [0.5, 0.6) is 0 Å². The molecule has 1 aliphatic heterocycles. The van der Waals surface area contributed by atoms with Crippen LogP contribution < -0.4 is 29.6 Å². The van der Waals surface area contributed by atoms with Crippen molar-refractivity contribution in [2.24, 2.45) is 0 Å². The van der Waals surface area contributed by atoms with Gasteiger partial charge in [-0.2, -0.15) is 0 Å². The molecule has 114 valence electrons. The van der Waals surface area contributed by atoms with Gasteiger partial charge in [0.05, 0.1) is 18.7 Å². The van der Waals surface area contributed by atoms with Crippen molar-refractivity contribution in [3.05, 3.63) is 35.0 Å². The van der Waals surface area contributed by atoms with Crippen molar-refractivity contribution < 1.29 is 45.6 Å². The third-order valence-corrected chi connectivity index (χ3v) is 4.60. The number of carboxylic acid groups (broad SMARTS) is 1. The van der Waals surface area contributed by atoms with Crippen molar-refractivity contribution in [2.75, 3.05) is 6.61 Å². The minimum absolute atomic E-state index is 0. The van der Waals surface area contributed by atoms with E-state index in [0.29, 0.717) is 13.0 Å². The van der Waals surface area contributed by atoms with Gasteiger partial charge in [-0.3, -0.25) is 4.79 Å². The summed E-state index contributed by atoms with van der Waals surface area (Å²) in [6.45, 7) is 4.71. The van der Waals surface area contributed by atoms with Crippen LogP contribution in [0.1, 0.15) is 44.9 Å². The zero-order chi connectivity index (χ0) is 15.0. The summed E-state index contributed by atoms with van der Waals surface area (Å²) in [5.41, 5.74) is 3.88. The molecule has 0 amide bonds. The van der Waals surface area contributed by atoms with Gasteiger partial charge in [0.1, 0.15) is 5.60 Å². The molecule has 1 atom stereocenters. The van der Waals surface area contributed by atoms with Crippen molar-refractivity contribution in [3.63, 3.8) is 0 Å². The second-order valence-electron chi connectivity index (χ2n) is 5.69. The Kier molecular flexibility index (Phi) is 5.38. The van der Waals surface area contributed by atoms with Gasteiger partial charge in [-0.1, -0.05) is 32.0 Å². The first-order valence-electron chi connectivity index (χ1n) is 7.60. The van der Waals surface area contributed by atoms with Gasteiger partial charge in [0, 0.05) is 10.9 Å². The fourth-order valence-corrected chi connectivity index (χ4v) is 3.49. The van der Waals surface area contributed by atoms with E-state index >= 15 is 0 Å². The van der Waals surface area contributed by atoms with Gasteiger partial charge < -0.3 is 16.3 Å². The minimum Gasteiger partial charge on any atom is -1.00 e. The Labute approximate surface area is 154 Å². The second kappa shape index (κ2) is 6.75. The summed E-state index contributed by atoms with van der Waals surface area (Å²) in [6.07, 6.45) is 2.45. The molecule has 0 saturated heterocycles. The molecule has 0 radical (unpaired) electrons. The molecule has 4 nitrogen and oxygen atoms in total. The van der Waals surface area contributed by atoms with Crippen LogP contribution >= 0.6 is 0 Å². The van der Waals surface area contributed by atoms with Gasteiger partial charge in [0.2, 0.25) is 0 Å². The number of carbonyl (C=O) groups is 1. The number of fused-ring (bicyclic) bond motifs is 3. The second-order valence-corrected chi connectivity index (χ2v) is 5.69. The van der Waals surface area contributed by atoms with Crippen LogP contribution in [0, 0.1) is 0 Å². The van der Waals surface area contributed by atoms with Crippen molar-refractivity contribution in [2.45, 2.75) is 45.1 Å². The normalized spacial score (nSPS) is 20.5. The molecular weight excluding hydrogens is 289 g/mol. The molecule has 1 aromatic carbocycles. The van der Waals surface area contributed by atoms with Crippen molar-refractivity contribution in [1.29, 1.82) is 0 Å². The van der Waals surface area contributed by atoms with E-state index in [1.54, 1.807) is 0 Å². The average molecular weight is 311 g/mol. The molecule has 22 heavy (non-hydrogen) atoms. The van der Waals surface area contributed by atoms with E-state index in [1.165, 1.54) is 16.5 Å². The fraction of sp³-hybridized carbons (Fsp3) is 0.471. The van der Waals surface area contributed by atoms with E-state index in [4.69, 9.17) is 4.74 Å². The maximum absolute atomic E-state index is 11.3. The third kappa shape index (κ3) is 2.73. The number of aromatic amines is 1. The largest absolute Gasteiger partial charge is 1.00 e. The van der Waals surface area contributed by atoms with Crippen LogP contribution in [0.4, 0.5) is 0 Å². The van der Waals surface area contributed by atoms with E-state index in [2.05, 4.69) is 30.1 Å². The van der Waals surface area contributed by atoms with Gasteiger partial charge >= 0.3 is 35.5 Å². The molecule has 0 bridgehead atoms. The van der Waals surface area contributed by atoms with Gasteiger partial charge in [-0.25, -0.2) is 0 Å². The number of ether oxygens (including phenoxy) is 1. The number of carboxylic acids is 1. The first-order chi connectivity index (χ1) is 10.1. The van der Waals surface area contributed by atoms with Crippen LogP contribution in [0.2, 0.25) is 0 Å². The van der Waals surface area contributed by atoms with E-state index in [9.17, 15) is 9.90 Å². The zero-order valence-corrected chi connectivity index (χ0v) is 15.5. The number of aryl methyl sites for hydroxylation is 1. The molecule has 0 saturated carbocycles. The Morgan fingerprint density at radius 3 is 2.86 bits per heavy atom. The SMILES string of the molecule is CCc1cccc2c3c([nH]c12)C(CC)(CC(=O)O)OCC3.[H-].[Na+]. The van der Waals surface area contributed by atoms with Gasteiger partial charge in [-0.05, 0) is 30.4 Å².